The molecule has 0 radical (unpaired) electrons. The third kappa shape index (κ3) is 2.17. The Hall–Kier alpha value is -2.34. The Labute approximate surface area is 121 Å². The number of carbonyl (C=O) groups is 2. The number of methoxy groups -OCH3 is 1. The van der Waals surface area contributed by atoms with E-state index in [0.717, 1.165) is 10.5 Å². The molecule has 6 nitrogen and oxygen atoms in total. The second-order valence-electron chi connectivity index (χ2n) is 5.00. The van der Waals surface area contributed by atoms with Gasteiger partial charge in [0.1, 0.15) is 6.10 Å². The van der Waals surface area contributed by atoms with E-state index in [-0.39, 0.29) is 0 Å². The highest BCUT2D eigenvalue weighted by molar-refractivity contribution is 5.81. The number of esters is 1. The Balaban J connectivity index is 1.96. The van der Waals surface area contributed by atoms with Crippen LogP contribution in [0.5, 0.6) is 0 Å². The number of amides is 1. The number of fused-ring (bicyclic) bond motifs is 2. The molecule has 2 aliphatic heterocycles. The van der Waals surface area contributed by atoms with E-state index in [1.165, 1.54) is 13.3 Å². The van der Waals surface area contributed by atoms with Gasteiger partial charge in [-0.15, -0.1) is 0 Å². The number of carbonyl (C=O) groups excluding carboxylic acids is 2. The quantitative estimate of drug-likeness (QED) is 0.787. The maximum absolute atomic E-state index is 12.3. The first-order valence-electron chi connectivity index (χ1n) is 6.61. The molecule has 0 aliphatic carbocycles. The molecular formula is C15H15NO5. The summed E-state index contributed by atoms with van der Waals surface area (Å²) in [6.45, 7) is 0. The average molecular weight is 289 g/mol. The van der Waals surface area contributed by atoms with E-state index < -0.39 is 36.2 Å². The third-order valence-corrected chi connectivity index (χ3v) is 3.85. The third-order valence-electron chi connectivity index (χ3n) is 3.85. The van der Waals surface area contributed by atoms with E-state index in [1.54, 1.807) is 6.08 Å². The molecule has 3 rings (SSSR count). The summed E-state index contributed by atoms with van der Waals surface area (Å²) in [5, 5.41) is 10.4. The second kappa shape index (κ2) is 5.21. The number of ether oxygens (including phenoxy) is 2. The van der Waals surface area contributed by atoms with Crippen LogP contribution < -0.4 is 0 Å². The van der Waals surface area contributed by atoms with Gasteiger partial charge >= 0.3 is 12.1 Å². The molecule has 1 amide bonds. The van der Waals surface area contributed by atoms with Crippen molar-refractivity contribution in [3.63, 3.8) is 0 Å². The van der Waals surface area contributed by atoms with E-state index >= 15 is 0 Å². The van der Waals surface area contributed by atoms with Crippen LogP contribution in [0.2, 0.25) is 0 Å². The molecule has 1 saturated heterocycles. The van der Waals surface area contributed by atoms with E-state index in [1.807, 2.05) is 30.3 Å². The van der Waals surface area contributed by atoms with Crippen molar-refractivity contribution in [1.29, 1.82) is 0 Å². The first-order chi connectivity index (χ1) is 10.1. The van der Waals surface area contributed by atoms with E-state index in [9.17, 15) is 14.7 Å². The highest BCUT2D eigenvalue weighted by Gasteiger charge is 2.50. The molecule has 3 unspecified atom stereocenters. The lowest BCUT2D eigenvalue weighted by Crippen LogP contribution is -2.57. The van der Waals surface area contributed by atoms with Gasteiger partial charge in [0.2, 0.25) is 6.23 Å². The molecule has 2 bridgehead atoms. The van der Waals surface area contributed by atoms with Crippen molar-refractivity contribution in [2.75, 3.05) is 7.11 Å². The maximum atomic E-state index is 12.3. The highest BCUT2D eigenvalue weighted by atomic mass is 16.6. The van der Waals surface area contributed by atoms with Crippen LogP contribution in [0.1, 0.15) is 11.5 Å². The smallest absolute Gasteiger partial charge is 0.416 e. The van der Waals surface area contributed by atoms with Crippen molar-refractivity contribution in [3.05, 3.63) is 48.2 Å². The second-order valence-corrected chi connectivity index (χ2v) is 5.00. The van der Waals surface area contributed by atoms with E-state index in [0.29, 0.717) is 0 Å². The fraction of sp³-hybridized carbons (Fsp3) is 0.333. The molecule has 6 heteroatoms. The van der Waals surface area contributed by atoms with Crippen LogP contribution >= 0.6 is 0 Å². The monoisotopic (exact) mass is 289 g/mol. The van der Waals surface area contributed by atoms with Crippen LogP contribution in [0.4, 0.5) is 4.79 Å². The van der Waals surface area contributed by atoms with Gasteiger partial charge in [-0.3, -0.25) is 4.79 Å². The maximum Gasteiger partial charge on any atom is 0.416 e. The zero-order chi connectivity index (χ0) is 15.0. The Morgan fingerprint density at radius 1 is 1.33 bits per heavy atom. The standard InChI is InChI=1S/C15H15NO5/c1-20-15(19)16-8-7-10-11(9-5-3-2-4-6-9)14(18)21-13(16)12(10)17/h2-8,10-13,17H,1H3/t10?,11?,12-,13?/m0/s1. The predicted molar refractivity (Wildman–Crippen MR) is 71.9 cm³/mol. The number of benzene rings is 1. The lowest BCUT2D eigenvalue weighted by Gasteiger charge is -2.44. The topological polar surface area (TPSA) is 76.1 Å². The first-order valence-corrected chi connectivity index (χ1v) is 6.61. The zero-order valence-electron chi connectivity index (χ0n) is 11.4. The molecule has 0 saturated carbocycles. The molecule has 21 heavy (non-hydrogen) atoms. The highest BCUT2D eigenvalue weighted by Crippen LogP contribution is 2.39. The van der Waals surface area contributed by atoms with E-state index in [4.69, 9.17) is 4.74 Å². The summed E-state index contributed by atoms with van der Waals surface area (Å²) in [4.78, 5) is 25.0. The van der Waals surface area contributed by atoms with Crippen molar-refractivity contribution in [3.8, 4) is 0 Å². The molecule has 110 valence electrons. The summed E-state index contributed by atoms with van der Waals surface area (Å²) in [7, 11) is 1.23. The summed E-state index contributed by atoms with van der Waals surface area (Å²) in [6, 6.07) is 9.15. The van der Waals surface area contributed by atoms with Gasteiger partial charge in [-0.2, -0.15) is 0 Å². The predicted octanol–water partition coefficient (Wildman–Crippen LogP) is 1.23. The number of aliphatic hydroxyl groups excluding tert-OH is 1. The number of rotatable bonds is 1. The van der Waals surface area contributed by atoms with Crippen molar-refractivity contribution >= 4 is 12.1 Å². The summed E-state index contributed by atoms with van der Waals surface area (Å²) in [6.07, 6.45) is 0.434. The molecule has 0 spiro atoms. The molecule has 1 N–H and O–H groups in total. The van der Waals surface area contributed by atoms with Crippen LogP contribution in [0.15, 0.2) is 42.6 Å². The van der Waals surface area contributed by atoms with Crippen molar-refractivity contribution < 1.29 is 24.2 Å². The molecule has 2 aliphatic rings. The van der Waals surface area contributed by atoms with Gasteiger partial charge in [0, 0.05) is 12.1 Å². The van der Waals surface area contributed by atoms with E-state index in [2.05, 4.69) is 4.74 Å². The summed E-state index contributed by atoms with van der Waals surface area (Å²) < 4.78 is 9.87. The fourth-order valence-corrected chi connectivity index (χ4v) is 2.82. The molecular weight excluding hydrogens is 274 g/mol. The Morgan fingerprint density at radius 3 is 2.71 bits per heavy atom. The van der Waals surface area contributed by atoms with Gasteiger partial charge < -0.3 is 14.6 Å². The Bertz CT molecular complexity index is 585. The summed E-state index contributed by atoms with van der Waals surface area (Å²) in [5.41, 5.74) is 0.779. The lowest BCUT2D eigenvalue weighted by molar-refractivity contribution is -0.189. The van der Waals surface area contributed by atoms with Gasteiger partial charge in [0.05, 0.1) is 13.0 Å². The minimum absolute atomic E-state index is 0.431. The van der Waals surface area contributed by atoms with Gasteiger partial charge in [0.15, 0.2) is 0 Å². The number of nitrogens with zero attached hydrogens (tertiary/aromatic N) is 1. The molecule has 2 heterocycles. The zero-order valence-corrected chi connectivity index (χ0v) is 11.4. The van der Waals surface area contributed by atoms with Gasteiger partial charge in [-0.25, -0.2) is 9.69 Å². The minimum Gasteiger partial charge on any atom is -0.452 e. The van der Waals surface area contributed by atoms with Crippen molar-refractivity contribution in [1.82, 2.24) is 4.90 Å². The van der Waals surface area contributed by atoms with Gasteiger partial charge in [0.25, 0.3) is 0 Å². The summed E-state index contributed by atoms with van der Waals surface area (Å²) in [5.74, 6) is -1.46. The lowest BCUT2D eigenvalue weighted by atomic mass is 9.78. The van der Waals surface area contributed by atoms with Crippen LogP contribution in [0.25, 0.3) is 0 Å². The Morgan fingerprint density at radius 2 is 2.05 bits per heavy atom. The largest absolute Gasteiger partial charge is 0.452 e. The van der Waals surface area contributed by atoms with Crippen LogP contribution in [-0.4, -0.2) is 41.5 Å². The molecule has 4 atom stereocenters. The van der Waals surface area contributed by atoms with Gasteiger partial charge in [-0.1, -0.05) is 36.4 Å². The van der Waals surface area contributed by atoms with Crippen molar-refractivity contribution in [2.45, 2.75) is 18.2 Å². The molecule has 1 aromatic rings. The van der Waals surface area contributed by atoms with Crippen LogP contribution in [0, 0.1) is 5.92 Å². The number of hydrogen-bond acceptors (Lipinski definition) is 5. The van der Waals surface area contributed by atoms with Crippen molar-refractivity contribution in [2.24, 2.45) is 5.92 Å². The SMILES string of the molecule is COC(=O)N1C=CC2C(c3ccccc3)C(=O)OC1[C@H]2O. The number of aliphatic hydroxyl groups is 1. The average Bonchev–Trinajstić information content (AvgIpc) is 2.49. The number of hydrogen-bond donors (Lipinski definition) is 1. The molecule has 1 aromatic carbocycles. The molecule has 1 fully saturated rings. The van der Waals surface area contributed by atoms with Crippen LogP contribution in [-0.2, 0) is 14.3 Å². The molecule has 0 aromatic heterocycles. The summed E-state index contributed by atoms with van der Waals surface area (Å²) >= 11 is 0. The first kappa shape index (κ1) is 13.6. The van der Waals surface area contributed by atoms with Crippen LogP contribution in [0.3, 0.4) is 0 Å². The fourth-order valence-electron chi connectivity index (χ4n) is 2.82. The minimum atomic E-state index is -1.04. The normalized spacial score (nSPS) is 30.8. The Kier molecular flexibility index (Phi) is 3.39. The van der Waals surface area contributed by atoms with Gasteiger partial charge in [-0.05, 0) is 5.56 Å².